The van der Waals surface area contributed by atoms with Crippen molar-refractivity contribution in [3.05, 3.63) is 36.0 Å². The van der Waals surface area contributed by atoms with E-state index in [9.17, 15) is 14.7 Å². The summed E-state index contributed by atoms with van der Waals surface area (Å²) in [6, 6.07) is 8.03. The number of aliphatic carboxylic acids is 1. The van der Waals surface area contributed by atoms with Crippen LogP contribution in [-0.2, 0) is 10.2 Å². The number of carbonyl (C=O) groups excluding carboxylic acids is 1. The number of carboxylic acid groups (broad SMARTS) is 1. The second kappa shape index (κ2) is 9.83. The van der Waals surface area contributed by atoms with Crippen LogP contribution in [0.3, 0.4) is 0 Å². The lowest BCUT2D eigenvalue weighted by atomic mass is 9.87. The van der Waals surface area contributed by atoms with Crippen LogP contribution in [0.25, 0.3) is 0 Å². The second-order valence-electron chi connectivity index (χ2n) is 9.89. The van der Waals surface area contributed by atoms with Crippen LogP contribution in [0.5, 0.6) is 0 Å². The number of carbonyl (C=O) groups is 2. The summed E-state index contributed by atoms with van der Waals surface area (Å²) < 4.78 is -0.207. The van der Waals surface area contributed by atoms with Crippen molar-refractivity contribution in [3.8, 4) is 0 Å². The Kier molecular flexibility index (Phi) is 7.55. The molecule has 1 aromatic heterocycles. The SMILES string of the molecule is CC(C)(Sc1cnc(NC(=O)N(CC2CCCC2)c2ccc(C(C)(C)C)cc2)s1)C(=O)O. The minimum atomic E-state index is -0.961. The molecule has 0 aliphatic heterocycles. The summed E-state index contributed by atoms with van der Waals surface area (Å²) in [5.41, 5.74) is 2.15. The van der Waals surface area contributed by atoms with Gasteiger partial charge >= 0.3 is 12.0 Å². The minimum Gasteiger partial charge on any atom is -0.480 e. The van der Waals surface area contributed by atoms with E-state index in [1.54, 1.807) is 20.0 Å². The van der Waals surface area contributed by atoms with Crippen molar-refractivity contribution in [2.75, 3.05) is 16.8 Å². The van der Waals surface area contributed by atoms with Gasteiger partial charge in [-0.3, -0.25) is 15.0 Å². The second-order valence-corrected chi connectivity index (χ2v) is 12.8. The highest BCUT2D eigenvalue weighted by Gasteiger charge is 2.30. The third kappa shape index (κ3) is 6.25. The van der Waals surface area contributed by atoms with Crippen molar-refractivity contribution in [2.24, 2.45) is 5.92 Å². The molecule has 1 aliphatic carbocycles. The van der Waals surface area contributed by atoms with Gasteiger partial charge in [-0.2, -0.15) is 0 Å². The number of anilines is 2. The first kappa shape index (κ1) is 24.6. The Morgan fingerprint density at radius 3 is 2.34 bits per heavy atom. The number of nitrogens with zero attached hydrogens (tertiary/aromatic N) is 2. The van der Waals surface area contributed by atoms with Crippen LogP contribution in [0.4, 0.5) is 15.6 Å². The normalized spacial score (nSPS) is 15.0. The van der Waals surface area contributed by atoms with Gasteiger partial charge in [0.15, 0.2) is 5.13 Å². The number of hydrogen-bond donors (Lipinski definition) is 2. The predicted molar refractivity (Wildman–Crippen MR) is 133 cm³/mol. The lowest BCUT2D eigenvalue weighted by Crippen LogP contribution is -2.38. The van der Waals surface area contributed by atoms with Crippen molar-refractivity contribution in [2.45, 2.75) is 74.7 Å². The van der Waals surface area contributed by atoms with Crippen molar-refractivity contribution in [1.82, 2.24) is 4.98 Å². The monoisotopic (exact) mass is 475 g/mol. The number of carboxylic acids is 1. The topological polar surface area (TPSA) is 82.5 Å². The fourth-order valence-corrected chi connectivity index (χ4v) is 5.98. The zero-order valence-corrected chi connectivity index (χ0v) is 21.1. The molecule has 174 valence electrons. The number of benzene rings is 1. The third-order valence-corrected chi connectivity index (χ3v) is 7.97. The fraction of sp³-hybridized carbons (Fsp3) is 0.542. The molecular weight excluding hydrogens is 442 g/mol. The van der Waals surface area contributed by atoms with Gasteiger partial charge in [0.25, 0.3) is 0 Å². The van der Waals surface area contributed by atoms with Crippen LogP contribution in [0, 0.1) is 5.92 Å². The molecule has 1 fully saturated rings. The molecule has 3 rings (SSSR count). The molecule has 1 aromatic carbocycles. The molecule has 0 saturated heterocycles. The summed E-state index contributed by atoms with van der Waals surface area (Å²) in [5, 5.41) is 12.7. The zero-order valence-electron chi connectivity index (χ0n) is 19.5. The Bertz CT molecular complexity index is 942. The lowest BCUT2D eigenvalue weighted by Gasteiger charge is -2.27. The Balaban J connectivity index is 1.76. The van der Waals surface area contributed by atoms with Crippen LogP contribution in [0.2, 0.25) is 0 Å². The van der Waals surface area contributed by atoms with Crippen molar-refractivity contribution in [1.29, 1.82) is 0 Å². The van der Waals surface area contributed by atoms with Gasteiger partial charge in [0, 0.05) is 12.2 Å². The number of nitrogens with one attached hydrogen (secondary N) is 1. The van der Waals surface area contributed by atoms with Crippen molar-refractivity contribution in [3.63, 3.8) is 0 Å². The molecule has 0 spiro atoms. The predicted octanol–water partition coefficient (Wildman–Crippen LogP) is 6.62. The molecule has 6 nitrogen and oxygen atoms in total. The van der Waals surface area contributed by atoms with E-state index < -0.39 is 10.7 Å². The first-order valence-electron chi connectivity index (χ1n) is 11.0. The highest BCUT2D eigenvalue weighted by atomic mass is 32.2. The van der Waals surface area contributed by atoms with Crippen molar-refractivity contribution < 1.29 is 14.7 Å². The number of hydrogen-bond acceptors (Lipinski definition) is 5. The smallest absolute Gasteiger partial charge is 0.328 e. The summed E-state index contributed by atoms with van der Waals surface area (Å²) in [4.78, 5) is 30.8. The number of thiazole rings is 1. The van der Waals surface area contributed by atoms with Gasteiger partial charge in [0.1, 0.15) is 4.75 Å². The van der Waals surface area contributed by atoms with Crippen LogP contribution >= 0.6 is 23.1 Å². The van der Waals surface area contributed by atoms with E-state index in [4.69, 9.17) is 0 Å². The molecule has 0 atom stereocenters. The Labute approximate surface area is 198 Å². The Hall–Kier alpha value is -2.06. The number of urea groups is 1. The number of amides is 2. The van der Waals surface area contributed by atoms with Gasteiger partial charge in [-0.15, -0.1) is 0 Å². The Morgan fingerprint density at radius 2 is 1.78 bits per heavy atom. The molecule has 2 aromatic rings. The molecule has 32 heavy (non-hydrogen) atoms. The van der Waals surface area contributed by atoms with E-state index in [0.717, 1.165) is 22.7 Å². The van der Waals surface area contributed by atoms with Crippen LogP contribution in [0.15, 0.2) is 34.7 Å². The molecule has 1 saturated carbocycles. The first-order chi connectivity index (χ1) is 15.0. The van der Waals surface area contributed by atoms with Gasteiger partial charge in [-0.1, -0.05) is 68.8 Å². The van der Waals surface area contributed by atoms with E-state index in [-0.39, 0.29) is 11.4 Å². The molecule has 2 amide bonds. The molecule has 0 unspecified atom stereocenters. The summed E-state index contributed by atoms with van der Waals surface area (Å²) in [5.74, 6) is -0.384. The largest absolute Gasteiger partial charge is 0.480 e. The maximum atomic E-state index is 13.3. The standard InChI is InChI=1S/C24H33N3O3S2/c1-23(2,3)17-10-12-18(13-11-17)27(15-16-8-6-7-9-16)22(30)26-21-25-14-19(31-21)32-24(4,5)20(28)29/h10-14,16H,6-9,15H2,1-5H3,(H,28,29)(H,25,26,30). The maximum absolute atomic E-state index is 13.3. The number of aromatic nitrogens is 1. The zero-order chi connectivity index (χ0) is 23.5. The third-order valence-electron chi connectivity index (χ3n) is 5.77. The first-order valence-corrected chi connectivity index (χ1v) is 12.7. The average molecular weight is 476 g/mol. The Morgan fingerprint density at radius 1 is 1.16 bits per heavy atom. The van der Waals surface area contributed by atoms with E-state index in [1.165, 1.54) is 41.5 Å². The van der Waals surface area contributed by atoms with Gasteiger partial charge in [0.05, 0.1) is 10.4 Å². The summed E-state index contributed by atoms with van der Waals surface area (Å²) in [6.07, 6.45) is 6.35. The molecule has 0 bridgehead atoms. The summed E-state index contributed by atoms with van der Waals surface area (Å²) in [7, 11) is 0. The highest BCUT2D eigenvalue weighted by Crippen LogP contribution is 2.38. The van der Waals surface area contributed by atoms with E-state index in [0.29, 0.717) is 17.6 Å². The average Bonchev–Trinajstić information content (AvgIpc) is 3.37. The van der Waals surface area contributed by atoms with Gasteiger partial charge < -0.3 is 5.11 Å². The van der Waals surface area contributed by atoms with Crippen molar-refractivity contribution >= 4 is 45.9 Å². The molecule has 1 aliphatic rings. The summed E-state index contributed by atoms with van der Waals surface area (Å²) in [6.45, 7) is 10.5. The number of rotatable bonds is 7. The highest BCUT2D eigenvalue weighted by molar-refractivity contribution is 8.03. The molecule has 1 heterocycles. The summed E-state index contributed by atoms with van der Waals surface area (Å²) >= 11 is 2.52. The molecule has 2 N–H and O–H groups in total. The fourth-order valence-electron chi connectivity index (χ4n) is 3.72. The van der Waals surface area contributed by atoms with E-state index >= 15 is 0 Å². The molecule has 0 radical (unpaired) electrons. The van der Waals surface area contributed by atoms with Gasteiger partial charge in [0.2, 0.25) is 0 Å². The van der Waals surface area contributed by atoms with E-state index in [2.05, 4.69) is 43.2 Å². The molecule has 8 heteroatoms. The quantitative estimate of drug-likeness (QED) is 0.440. The van der Waals surface area contributed by atoms with E-state index in [1.807, 2.05) is 17.0 Å². The lowest BCUT2D eigenvalue weighted by molar-refractivity contribution is -0.138. The minimum absolute atomic E-state index is 0.0513. The maximum Gasteiger partial charge on any atom is 0.328 e. The number of thioether (sulfide) groups is 1. The van der Waals surface area contributed by atoms with Crippen LogP contribution in [0.1, 0.15) is 65.9 Å². The van der Waals surface area contributed by atoms with Gasteiger partial charge in [-0.05, 0) is 55.7 Å². The van der Waals surface area contributed by atoms with Gasteiger partial charge in [-0.25, -0.2) is 9.78 Å². The van der Waals surface area contributed by atoms with Crippen LogP contribution in [-0.4, -0.2) is 33.4 Å². The molecular formula is C24H33N3O3S2. The van der Waals surface area contributed by atoms with Crippen LogP contribution < -0.4 is 10.2 Å².